The van der Waals surface area contributed by atoms with Gasteiger partial charge in [0, 0.05) is 30.2 Å². The van der Waals surface area contributed by atoms with Crippen molar-refractivity contribution in [2.45, 2.75) is 13.3 Å². The zero-order chi connectivity index (χ0) is 14.4. The van der Waals surface area contributed by atoms with Crippen molar-refractivity contribution in [1.82, 2.24) is 20.5 Å². The normalized spacial score (nSPS) is 10.3. The van der Waals surface area contributed by atoms with Crippen LogP contribution >= 0.6 is 11.6 Å². The Bertz CT molecular complexity index is 570. The van der Waals surface area contributed by atoms with Crippen molar-refractivity contribution in [1.29, 1.82) is 0 Å². The zero-order valence-electron chi connectivity index (χ0n) is 11.1. The first kappa shape index (κ1) is 14.3. The van der Waals surface area contributed by atoms with E-state index in [2.05, 4.69) is 25.8 Å². The molecule has 0 spiro atoms. The Morgan fingerprint density at radius 1 is 1.45 bits per heavy atom. The molecule has 7 heteroatoms. The van der Waals surface area contributed by atoms with Crippen LogP contribution in [-0.4, -0.2) is 34.2 Å². The van der Waals surface area contributed by atoms with Crippen LogP contribution in [0.3, 0.4) is 0 Å². The van der Waals surface area contributed by atoms with E-state index in [1.54, 1.807) is 18.2 Å². The van der Waals surface area contributed by atoms with Crippen LogP contribution < -0.4 is 10.6 Å². The third-order valence-corrected chi connectivity index (χ3v) is 2.94. The summed E-state index contributed by atoms with van der Waals surface area (Å²) in [7, 11) is 0. The van der Waals surface area contributed by atoms with Crippen LogP contribution in [0.1, 0.15) is 23.1 Å². The molecule has 3 N–H and O–H groups in total. The van der Waals surface area contributed by atoms with Crippen molar-refractivity contribution in [3.63, 3.8) is 0 Å². The quantitative estimate of drug-likeness (QED) is 0.759. The number of halogens is 1. The van der Waals surface area contributed by atoms with Gasteiger partial charge in [0.2, 0.25) is 0 Å². The number of H-pyrrole nitrogens is 1. The van der Waals surface area contributed by atoms with Gasteiger partial charge in [0.15, 0.2) is 0 Å². The summed E-state index contributed by atoms with van der Waals surface area (Å²) in [6.07, 6.45) is 2.04. The van der Waals surface area contributed by atoms with Gasteiger partial charge in [0.25, 0.3) is 5.91 Å². The van der Waals surface area contributed by atoms with E-state index >= 15 is 0 Å². The Balaban J connectivity index is 1.99. The molecule has 1 heterocycles. The maximum absolute atomic E-state index is 12.2. The molecule has 0 saturated heterocycles. The first-order valence-electron chi connectivity index (χ1n) is 6.36. The molecule has 0 unspecified atom stereocenters. The van der Waals surface area contributed by atoms with E-state index in [4.69, 9.17) is 11.6 Å². The number of aromatic nitrogens is 3. The lowest BCUT2D eigenvalue weighted by Gasteiger charge is -2.11. The van der Waals surface area contributed by atoms with E-state index in [0.717, 1.165) is 18.1 Å². The first-order chi connectivity index (χ1) is 9.70. The minimum absolute atomic E-state index is 0.164. The SMILES string of the molecule is CCNc1ccc(Cl)cc1C(=O)NCCc1ncn[nH]1. The maximum Gasteiger partial charge on any atom is 0.253 e. The number of nitrogens with zero attached hydrogens (tertiary/aromatic N) is 2. The molecule has 0 atom stereocenters. The first-order valence-corrected chi connectivity index (χ1v) is 6.74. The van der Waals surface area contributed by atoms with Crippen LogP contribution in [0.5, 0.6) is 0 Å². The molecule has 2 aromatic rings. The summed E-state index contributed by atoms with van der Waals surface area (Å²) in [5.41, 5.74) is 1.31. The predicted octanol–water partition coefficient (Wildman–Crippen LogP) is 1.86. The van der Waals surface area contributed by atoms with Crippen LogP contribution in [0, 0.1) is 0 Å². The molecule has 1 aromatic heterocycles. The molecule has 6 nitrogen and oxygen atoms in total. The minimum atomic E-state index is -0.164. The van der Waals surface area contributed by atoms with E-state index in [9.17, 15) is 4.79 Å². The lowest BCUT2D eigenvalue weighted by Crippen LogP contribution is -2.26. The van der Waals surface area contributed by atoms with Gasteiger partial charge in [-0.2, -0.15) is 5.10 Å². The Hall–Kier alpha value is -2.08. The maximum atomic E-state index is 12.2. The standard InChI is InChI=1S/C13H16ClN5O/c1-2-15-11-4-3-9(14)7-10(11)13(20)16-6-5-12-17-8-18-19-12/h3-4,7-8,15H,2,5-6H2,1H3,(H,16,20)(H,17,18,19). The molecule has 20 heavy (non-hydrogen) atoms. The number of aromatic amines is 1. The van der Waals surface area contributed by atoms with Gasteiger partial charge in [-0.1, -0.05) is 11.6 Å². The molecule has 0 aliphatic carbocycles. The summed E-state index contributed by atoms with van der Waals surface area (Å²) >= 11 is 5.95. The summed E-state index contributed by atoms with van der Waals surface area (Å²) in [5.74, 6) is 0.575. The number of hydrogen-bond acceptors (Lipinski definition) is 4. The lowest BCUT2D eigenvalue weighted by molar-refractivity contribution is 0.0955. The Morgan fingerprint density at radius 3 is 3.00 bits per heavy atom. The summed E-state index contributed by atoms with van der Waals surface area (Å²) in [5, 5.41) is 13.0. The highest BCUT2D eigenvalue weighted by Gasteiger charge is 2.11. The number of anilines is 1. The molecule has 0 aliphatic rings. The fraction of sp³-hybridized carbons (Fsp3) is 0.308. The van der Waals surface area contributed by atoms with Gasteiger partial charge in [0.1, 0.15) is 12.2 Å². The highest BCUT2D eigenvalue weighted by atomic mass is 35.5. The van der Waals surface area contributed by atoms with Gasteiger partial charge in [-0.25, -0.2) is 4.98 Å². The largest absolute Gasteiger partial charge is 0.385 e. The fourth-order valence-electron chi connectivity index (χ4n) is 1.79. The van der Waals surface area contributed by atoms with Crippen LogP contribution in [0.25, 0.3) is 0 Å². The van der Waals surface area contributed by atoms with Gasteiger partial charge in [-0.3, -0.25) is 9.89 Å². The average Bonchev–Trinajstić information content (AvgIpc) is 2.94. The van der Waals surface area contributed by atoms with Crippen LogP contribution in [0.2, 0.25) is 5.02 Å². The van der Waals surface area contributed by atoms with Crippen LogP contribution in [0.15, 0.2) is 24.5 Å². The molecule has 0 fully saturated rings. The number of carbonyl (C=O) groups excluding carboxylic acids is 1. The van der Waals surface area contributed by atoms with Crippen molar-refractivity contribution in [3.05, 3.63) is 40.9 Å². The minimum Gasteiger partial charge on any atom is -0.385 e. The Labute approximate surface area is 121 Å². The number of hydrogen-bond donors (Lipinski definition) is 3. The van der Waals surface area contributed by atoms with Gasteiger partial charge in [0.05, 0.1) is 5.56 Å². The smallest absolute Gasteiger partial charge is 0.253 e. The highest BCUT2D eigenvalue weighted by Crippen LogP contribution is 2.20. The second kappa shape index (κ2) is 6.91. The summed E-state index contributed by atoms with van der Waals surface area (Å²) < 4.78 is 0. The van der Waals surface area contributed by atoms with Gasteiger partial charge in [-0.15, -0.1) is 0 Å². The number of nitrogens with one attached hydrogen (secondary N) is 3. The molecule has 2 rings (SSSR count). The molecule has 0 radical (unpaired) electrons. The van der Waals surface area contributed by atoms with Crippen molar-refractivity contribution in [3.8, 4) is 0 Å². The Kier molecular flexibility index (Phi) is 4.95. The highest BCUT2D eigenvalue weighted by molar-refractivity contribution is 6.31. The van der Waals surface area contributed by atoms with Gasteiger partial charge < -0.3 is 10.6 Å². The van der Waals surface area contributed by atoms with E-state index in [-0.39, 0.29) is 5.91 Å². The van der Waals surface area contributed by atoms with E-state index < -0.39 is 0 Å². The van der Waals surface area contributed by atoms with Gasteiger partial charge in [-0.05, 0) is 25.1 Å². The number of carbonyl (C=O) groups is 1. The monoisotopic (exact) mass is 293 g/mol. The van der Waals surface area contributed by atoms with E-state index in [1.807, 2.05) is 6.92 Å². The molecule has 0 saturated carbocycles. The van der Waals surface area contributed by atoms with Crippen molar-refractivity contribution in [2.24, 2.45) is 0 Å². The summed E-state index contributed by atoms with van der Waals surface area (Å²) in [4.78, 5) is 16.2. The topological polar surface area (TPSA) is 82.7 Å². The number of benzene rings is 1. The third kappa shape index (κ3) is 3.71. The lowest BCUT2D eigenvalue weighted by atomic mass is 10.1. The molecular weight excluding hydrogens is 278 g/mol. The number of rotatable bonds is 6. The number of amides is 1. The van der Waals surface area contributed by atoms with Gasteiger partial charge >= 0.3 is 0 Å². The van der Waals surface area contributed by atoms with Crippen molar-refractivity contribution >= 4 is 23.2 Å². The van der Waals surface area contributed by atoms with Crippen molar-refractivity contribution < 1.29 is 4.79 Å². The molecular formula is C13H16ClN5O. The van der Waals surface area contributed by atoms with Crippen molar-refractivity contribution in [2.75, 3.05) is 18.4 Å². The van der Waals surface area contributed by atoms with Crippen LogP contribution in [0.4, 0.5) is 5.69 Å². The second-order valence-corrected chi connectivity index (χ2v) is 4.59. The summed E-state index contributed by atoms with van der Waals surface area (Å²) in [6.45, 7) is 3.19. The van der Waals surface area contributed by atoms with E-state index in [1.165, 1.54) is 6.33 Å². The molecule has 0 aliphatic heterocycles. The Morgan fingerprint density at radius 2 is 2.30 bits per heavy atom. The molecule has 106 valence electrons. The molecule has 1 amide bonds. The molecule has 0 bridgehead atoms. The average molecular weight is 294 g/mol. The molecule has 1 aromatic carbocycles. The zero-order valence-corrected chi connectivity index (χ0v) is 11.9. The van der Waals surface area contributed by atoms with E-state index in [0.29, 0.717) is 23.6 Å². The predicted molar refractivity (Wildman–Crippen MR) is 78.0 cm³/mol. The summed E-state index contributed by atoms with van der Waals surface area (Å²) in [6, 6.07) is 5.21. The fourth-order valence-corrected chi connectivity index (χ4v) is 1.96. The second-order valence-electron chi connectivity index (χ2n) is 4.16. The third-order valence-electron chi connectivity index (χ3n) is 2.71. The van der Waals surface area contributed by atoms with Crippen LogP contribution in [-0.2, 0) is 6.42 Å².